The number of hydrogen-bond acceptors (Lipinski definition) is 4. The molecule has 2 rings (SSSR count). The Kier molecular flexibility index (Phi) is 8.18. The molecule has 0 aromatic heterocycles. The van der Waals surface area contributed by atoms with E-state index in [9.17, 15) is 18.0 Å². The van der Waals surface area contributed by atoms with Crippen LogP contribution in [0.3, 0.4) is 0 Å². The van der Waals surface area contributed by atoms with Crippen LogP contribution in [0, 0.1) is 0 Å². The molecular weight excluding hydrogens is 531 g/mol. The Balaban J connectivity index is 2.46. The number of halogens is 5. The van der Waals surface area contributed by atoms with Crippen molar-refractivity contribution in [2.45, 2.75) is 6.18 Å². The summed E-state index contributed by atoms with van der Waals surface area (Å²) in [5.41, 5.74) is -0.122. The van der Waals surface area contributed by atoms with Gasteiger partial charge in [-0.1, -0.05) is 15.9 Å². The molecule has 0 spiro atoms. The Morgan fingerprint density at radius 3 is 2.33 bits per heavy atom. The first kappa shape index (κ1) is 24.5. The molecule has 5 nitrogen and oxygen atoms in total. The Labute approximate surface area is 190 Å². The molecule has 30 heavy (non-hydrogen) atoms. The zero-order chi connectivity index (χ0) is 22.6. The number of hydrogen-bond donors (Lipinski definition) is 1. The number of amides is 1. The predicted molar refractivity (Wildman–Crippen MR) is 120 cm³/mol. The van der Waals surface area contributed by atoms with Crippen LogP contribution in [0.1, 0.15) is 15.9 Å². The smallest absolute Gasteiger partial charge is 0.416 e. The topological polar surface area (TPSA) is 44.8 Å². The molecule has 2 aromatic carbocycles. The largest absolute Gasteiger partial charge is 0.495 e. The van der Waals surface area contributed by atoms with E-state index >= 15 is 0 Å². The van der Waals surface area contributed by atoms with E-state index in [-0.39, 0.29) is 17.0 Å². The molecule has 0 aliphatic rings. The SMILES string of the molecule is COc1c(Br)cc(Br)cc1C(=O)Nc1cc(C(F)(F)F)ccc1N(C)CCN(C)C. The second kappa shape index (κ2) is 10.0. The average Bonchev–Trinajstić information content (AvgIpc) is 2.64. The summed E-state index contributed by atoms with van der Waals surface area (Å²) in [6.45, 7) is 1.25. The van der Waals surface area contributed by atoms with Gasteiger partial charge in [0.2, 0.25) is 0 Å². The summed E-state index contributed by atoms with van der Waals surface area (Å²) < 4.78 is 46.3. The van der Waals surface area contributed by atoms with Crippen LogP contribution in [0.25, 0.3) is 0 Å². The number of benzene rings is 2. The molecule has 0 radical (unpaired) electrons. The quantitative estimate of drug-likeness (QED) is 0.493. The first-order chi connectivity index (χ1) is 13.9. The van der Waals surface area contributed by atoms with E-state index < -0.39 is 17.6 Å². The monoisotopic (exact) mass is 551 g/mol. The molecule has 0 aliphatic carbocycles. The van der Waals surface area contributed by atoms with Gasteiger partial charge < -0.3 is 19.9 Å². The lowest BCUT2D eigenvalue weighted by molar-refractivity contribution is -0.137. The third-order valence-corrected chi connectivity index (χ3v) is 5.37. The molecular formula is C20H22Br2F3N3O2. The molecule has 0 atom stereocenters. The van der Waals surface area contributed by atoms with Crippen LogP contribution in [-0.4, -0.2) is 52.1 Å². The number of likely N-dealkylation sites (N-methyl/N-ethyl adjacent to an activating group) is 2. The fourth-order valence-corrected chi connectivity index (χ4v) is 4.13. The van der Waals surface area contributed by atoms with Gasteiger partial charge in [0, 0.05) is 24.6 Å². The van der Waals surface area contributed by atoms with E-state index in [1.807, 2.05) is 19.0 Å². The van der Waals surface area contributed by atoms with Crippen LogP contribution in [0.4, 0.5) is 24.5 Å². The molecule has 2 aromatic rings. The van der Waals surface area contributed by atoms with Gasteiger partial charge in [0.15, 0.2) is 0 Å². The minimum Gasteiger partial charge on any atom is -0.495 e. The van der Waals surface area contributed by atoms with Gasteiger partial charge in [-0.05, 0) is 60.4 Å². The lowest BCUT2D eigenvalue weighted by atomic mass is 10.1. The standard InChI is InChI=1S/C20H22Br2F3N3O2/c1-27(2)7-8-28(3)17-6-5-12(20(23,24)25)9-16(17)26-19(29)14-10-13(21)11-15(22)18(14)30-4/h5-6,9-11H,7-8H2,1-4H3,(H,26,29). The molecule has 0 saturated heterocycles. The highest BCUT2D eigenvalue weighted by atomic mass is 79.9. The van der Waals surface area contributed by atoms with Gasteiger partial charge in [-0.3, -0.25) is 4.79 Å². The van der Waals surface area contributed by atoms with E-state index in [1.54, 1.807) is 24.1 Å². The zero-order valence-corrected chi connectivity index (χ0v) is 20.1. The van der Waals surface area contributed by atoms with Gasteiger partial charge in [0.25, 0.3) is 5.91 Å². The van der Waals surface area contributed by atoms with E-state index in [4.69, 9.17) is 4.74 Å². The molecule has 0 heterocycles. The number of carbonyl (C=O) groups is 1. The molecule has 0 bridgehead atoms. The van der Waals surface area contributed by atoms with Gasteiger partial charge in [-0.25, -0.2) is 0 Å². The van der Waals surface area contributed by atoms with E-state index in [1.165, 1.54) is 13.2 Å². The van der Waals surface area contributed by atoms with Crippen molar-refractivity contribution < 1.29 is 22.7 Å². The summed E-state index contributed by atoms with van der Waals surface area (Å²) in [5, 5.41) is 2.62. The normalized spacial score (nSPS) is 11.5. The van der Waals surface area contributed by atoms with E-state index in [0.29, 0.717) is 27.7 Å². The molecule has 1 amide bonds. The molecule has 0 unspecified atom stereocenters. The van der Waals surface area contributed by atoms with Crippen LogP contribution >= 0.6 is 31.9 Å². The summed E-state index contributed by atoms with van der Waals surface area (Å²) >= 11 is 6.64. The number of nitrogens with zero attached hydrogens (tertiary/aromatic N) is 2. The minimum atomic E-state index is -4.53. The van der Waals surface area contributed by atoms with Gasteiger partial charge in [0.05, 0.1) is 34.1 Å². The fourth-order valence-electron chi connectivity index (χ4n) is 2.74. The van der Waals surface area contributed by atoms with Crippen LogP contribution in [0.2, 0.25) is 0 Å². The highest BCUT2D eigenvalue weighted by molar-refractivity contribution is 9.11. The van der Waals surface area contributed by atoms with Crippen molar-refractivity contribution >= 4 is 49.1 Å². The summed E-state index contributed by atoms with van der Waals surface area (Å²) in [7, 11) is 6.98. The maximum absolute atomic E-state index is 13.3. The Bertz CT molecular complexity index is 921. The maximum Gasteiger partial charge on any atom is 0.416 e. The minimum absolute atomic E-state index is 0.0641. The first-order valence-electron chi connectivity index (χ1n) is 8.85. The van der Waals surface area contributed by atoms with Gasteiger partial charge >= 0.3 is 6.18 Å². The Morgan fingerprint density at radius 1 is 1.10 bits per heavy atom. The number of anilines is 2. The van der Waals surface area contributed by atoms with Crippen molar-refractivity contribution in [1.29, 1.82) is 0 Å². The van der Waals surface area contributed by atoms with Crippen molar-refractivity contribution in [2.75, 3.05) is 51.6 Å². The summed E-state index contributed by atoms with van der Waals surface area (Å²) in [4.78, 5) is 16.7. The van der Waals surface area contributed by atoms with Crippen molar-refractivity contribution in [2.24, 2.45) is 0 Å². The lowest BCUT2D eigenvalue weighted by Crippen LogP contribution is -2.29. The van der Waals surface area contributed by atoms with Crippen LogP contribution in [0.5, 0.6) is 5.75 Å². The second-order valence-electron chi connectivity index (χ2n) is 6.88. The number of nitrogens with one attached hydrogen (secondary N) is 1. The number of ether oxygens (including phenoxy) is 1. The van der Waals surface area contributed by atoms with Crippen molar-refractivity contribution in [3.63, 3.8) is 0 Å². The summed E-state index contributed by atoms with van der Waals surface area (Å²) in [5.74, 6) is -0.305. The molecule has 0 saturated carbocycles. The van der Waals surface area contributed by atoms with E-state index in [0.717, 1.165) is 12.1 Å². The third-order valence-electron chi connectivity index (χ3n) is 4.32. The van der Waals surface area contributed by atoms with Gasteiger partial charge in [-0.2, -0.15) is 13.2 Å². The van der Waals surface area contributed by atoms with Gasteiger partial charge in [0.1, 0.15) is 5.75 Å². The first-order valence-corrected chi connectivity index (χ1v) is 10.4. The maximum atomic E-state index is 13.3. The summed E-state index contributed by atoms with van der Waals surface area (Å²) in [6, 6.07) is 6.57. The number of rotatable bonds is 7. The van der Waals surface area contributed by atoms with Crippen LogP contribution in [-0.2, 0) is 6.18 Å². The van der Waals surface area contributed by atoms with E-state index in [2.05, 4.69) is 37.2 Å². The predicted octanol–water partition coefficient (Wildman–Crippen LogP) is 5.49. The molecule has 0 fully saturated rings. The summed E-state index contributed by atoms with van der Waals surface area (Å²) in [6.07, 6.45) is -4.53. The second-order valence-corrected chi connectivity index (χ2v) is 8.65. The van der Waals surface area contributed by atoms with Crippen LogP contribution < -0.4 is 15.0 Å². The highest BCUT2D eigenvalue weighted by Gasteiger charge is 2.31. The third kappa shape index (κ3) is 6.12. The average molecular weight is 553 g/mol. The molecule has 164 valence electrons. The van der Waals surface area contributed by atoms with Crippen molar-refractivity contribution in [3.05, 3.63) is 50.4 Å². The van der Waals surface area contributed by atoms with Crippen LogP contribution in [0.15, 0.2) is 39.3 Å². The van der Waals surface area contributed by atoms with Crippen molar-refractivity contribution in [1.82, 2.24) is 4.90 Å². The zero-order valence-electron chi connectivity index (χ0n) is 16.9. The molecule has 0 aliphatic heterocycles. The Morgan fingerprint density at radius 2 is 1.77 bits per heavy atom. The van der Waals surface area contributed by atoms with Gasteiger partial charge in [-0.15, -0.1) is 0 Å². The lowest BCUT2D eigenvalue weighted by Gasteiger charge is -2.25. The Hall–Kier alpha value is -1.78. The molecule has 1 N–H and O–H groups in total. The highest BCUT2D eigenvalue weighted by Crippen LogP contribution is 2.37. The fraction of sp³-hybridized carbons (Fsp3) is 0.350. The van der Waals surface area contributed by atoms with Crippen molar-refractivity contribution in [3.8, 4) is 5.75 Å². The number of carbonyl (C=O) groups excluding carboxylic acids is 1. The number of methoxy groups -OCH3 is 1. The number of alkyl halides is 3. The molecule has 10 heteroatoms.